The lowest BCUT2D eigenvalue weighted by atomic mass is 10.1. The molecule has 5 heteroatoms. The quantitative estimate of drug-likeness (QED) is 0.500. The zero-order chi connectivity index (χ0) is 18.1. The van der Waals surface area contributed by atoms with Gasteiger partial charge in [-0.3, -0.25) is 9.20 Å². The summed E-state index contributed by atoms with van der Waals surface area (Å²) in [5, 5.41) is 3.04. The lowest BCUT2D eigenvalue weighted by Crippen LogP contribution is -2.14. The van der Waals surface area contributed by atoms with Crippen molar-refractivity contribution in [2.75, 3.05) is 5.32 Å². The van der Waals surface area contributed by atoms with E-state index in [1.807, 2.05) is 72.1 Å². The summed E-state index contributed by atoms with van der Waals surface area (Å²) in [6, 6.07) is 21.2. The van der Waals surface area contributed by atoms with Crippen LogP contribution in [-0.4, -0.2) is 15.3 Å². The predicted octanol–water partition coefficient (Wildman–Crippen LogP) is 5.32. The number of aromatic nitrogens is 2. The fourth-order valence-corrected chi connectivity index (χ4v) is 3.27. The minimum atomic E-state index is -0.175. The highest BCUT2D eigenvalue weighted by molar-refractivity contribution is 9.10. The van der Waals surface area contributed by atoms with E-state index >= 15 is 0 Å². The van der Waals surface area contributed by atoms with Crippen LogP contribution in [0.2, 0.25) is 0 Å². The van der Waals surface area contributed by atoms with Gasteiger partial charge in [0.15, 0.2) is 0 Å². The van der Waals surface area contributed by atoms with Crippen LogP contribution >= 0.6 is 15.9 Å². The highest BCUT2D eigenvalue weighted by Crippen LogP contribution is 2.29. The number of amides is 1. The Balaban J connectivity index is 1.83. The summed E-state index contributed by atoms with van der Waals surface area (Å²) in [5.41, 5.74) is 4.21. The number of fused-ring (bicyclic) bond motifs is 1. The summed E-state index contributed by atoms with van der Waals surface area (Å²) in [4.78, 5) is 17.5. The van der Waals surface area contributed by atoms with Crippen LogP contribution in [0.15, 0.2) is 77.4 Å². The Morgan fingerprint density at radius 2 is 1.85 bits per heavy atom. The second-order valence-corrected chi connectivity index (χ2v) is 6.99. The van der Waals surface area contributed by atoms with Gasteiger partial charge in [0.2, 0.25) is 0 Å². The van der Waals surface area contributed by atoms with Crippen molar-refractivity contribution in [3.8, 4) is 11.3 Å². The minimum Gasteiger partial charge on any atom is -0.306 e. The highest BCUT2D eigenvalue weighted by Gasteiger charge is 2.17. The predicted molar refractivity (Wildman–Crippen MR) is 107 cm³/mol. The molecule has 0 spiro atoms. The molecule has 2 aromatic heterocycles. The molecule has 1 N–H and O–H groups in total. The molecule has 0 radical (unpaired) electrons. The number of carbonyl (C=O) groups is 1. The smallest absolute Gasteiger partial charge is 0.256 e. The number of anilines is 1. The van der Waals surface area contributed by atoms with E-state index in [0.717, 1.165) is 26.9 Å². The summed E-state index contributed by atoms with van der Waals surface area (Å²) >= 11 is 3.41. The molecule has 0 fully saturated rings. The van der Waals surface area contributed by atoms with Gasteiger partial charge >= 0.3 is 0 Å². The molecule has 0 bridgehead atoms. The van der Waals surface area contributed by atoms with Crippen LogP contribution in [0.1, 0.15) is 15.9 Å². The normalized spacial score (nSPS) is 10.8. The van der Waals surface area contributed by atoms with E-state index in [-0.39, 0.29) is 5.91 Å². The van der Waals surface area contributed by atoms with Gasteiger partial charge < -0.3 is 5.32 Å². The number of aryl methyl sites for hydroxylation is 1. The first kappa shape index (κ1) is 16.5. The molecule has 4 rings (SSSR count). The molecule has 1 amide bonds. The average molecular weight is 406 g/mol. The lowest BCUT2D eigenvalue weighted by molar-refractivity contribution is 0.102. The summed E-state index contributed by atoms with van der Waals surface area (Å²) < 4.78 is 2.77. The first-order valence-corrected chi connectivity index (χ1v) is 9.02. The number of hydrogen-bond acceptors (Lipinski definition) is 2. The second-order valence-electron chi connectivity index (χ2n) is 6.07. The van der Waals surface area contributed by atoms with E-state index < -0.39 is 0 Å². The third-order valence-electron chi connectivity index (χ3n) is 4.15. The third kappa shape index (κ3) is 3.13. The molecule has 2 aromatic carbocycles. The van der Waals surface area contributed by atoms with E-state index in [0.29, 0.717) is 11.4 Å². The SMILES string of the molecule is Cc1ccn2c(NC(=O)c3cccc(Br)c3)c(-c3ccccc3)nc2c1. The van der Waals surface area contributed by atoms with Gasteiger partial charge in [-0.15, -0.1) is 0 Å². The van der Waals surface area contributed by atoms with Crippen LogP contribution in [0, 0.1) is 6.92 Å². The van der Waals surface area contributed by atoms with Gasteiger partial charge in [0.25, 0.3) is 5.91 Å². The largest absolute Gasteiger partial charge is 0.306 e. The van der Waals surface area contributed by atoms with Crippen LogP contribution in [-0.2, 0) is 0 Å². The number of rotatable bonds is 3. The Morgan fingerprint density at radius 3 is 2.62 bits per heavy atom. The Bertz CT molecular complexity index is 1100. The average Bonchev–Trinajstić information content (AvgIpc) is 3.00. The zero-order valence-electron chi connectivity index (χ0n) is 14.1. The molecule has 0 atom stereocenters. The van der Waals surface area contributed by atoms with Crippen LogP contribution in [0.4, 0.5) is 5.82 Å². The number of halogens is 1. The molecular weight excluding hydrogens is 390 g/mol. The van der Waals surface area contributed by atoms with E-state index in [9.17, 15) is 4.79 Å². The molecule has 0 aliphatic carbocycles. The fourth-order valence-electron chi connectivity index (χ4n) is 2.87. The Hall–Kier alpha value is -2.92. The molecule has 4 aromatic rings. The number of imidazole rings is 1. The number of carbonyl (C=O) groups excluding carboxylic acids is 1. The molecule has 0 saturated carbocycles. The Kier molecular flexibility index (Phi) is 4.31. The van der Waals surface area contributed by atoms with Crippen molar-refractivity contribution in [3.05, 3.63) is 88.5 Å². The van der Waals surface area contributed by atoms with E-state index in [1.165, 1.54) is 0 Å². The molecule has 4 nitrogen and oxygen atoms in total. The van der Waals surface area contributed by atoms with Crippen LogP contribution in [0.5, 0.6) is 0 Å². The summed E-state index contributed by atoms with van der Waals surface area (Å²) in [5.74, 6) is 0.488. The zero-order valence-corrected chi connectivity index (χ0v) is 15.7. The number of pyridine rings is 1. The molecule has 0 aliphatic heterocycles. The number of nitrogens with one attached hydrogen (secondary N) is 1. The molecule has 0 unspecified atom stereocenters. The van der Waals surface area contributed by atoms with Gasteiger partial charge in [-0.25, -0.2) is 4.98 Å². The minimum absolute atomic E-state index is 0.175. The maximum atomic E-state index is 12.8. The lowest BCUT2D eigenvalue weighted by Gasteiger charge is -2.08. The van der Waals surface area contributed by atoms with Gasteiger partial charge in [0.05, 0.1) is 0 Å². The molecule has 0 aliphatic rings. The molecule has 0 saturated heterocycles. The molecular formula is C21H16BrN3O. The van der Waals surface area contributed by atoms with Crippen molar-refractivity contribution in [1.82, 2.24) is 9.38 Å². The summed E-state index contributed by atoms with van der Waals surface area (Å²) in [6.45, 7) is 2.02. The monoisotopic (exact) mass is 405 g/mol. The molecule has 2 heterocycles. The van der Waals surface area contributed by atoms with Crippen LogP contribution in [0.3, 0.4) is 0 Å². The first-order valence-electron chi connectivity index (χ1n) is 8.23. The second kappa shape index (κ2) is 6.77. The summed E-state index contributed by atoms with van der Waals surface area (Å²) in [6.07, 6.45) is 1.93. The van der Waals surface area contributed by atoms with Gasteiger partial charge in [-0.1, -0.05) is 52.3 Å². The van der Waals surface area contributed by atoms with Crippen molar-refractivity contribution in [3.63, 3.8) is 0 Å². The molecule has 128 valence electrons. The van der Waals surface area contributed by atoms with Crippen molar-refractivity contribution >= 4 is 33.3 Å². The number of benzene rings is 2. The summed E-state index contributed by atoms with van der Waals surface area (Å²) in [7, 11) is 0. The van der Waals surface area contributed by atoms with Gasteiger partial charge in [0, 0.05) is 21.8 Å². The highest BCUT2D eigenvalue weighted by atomic mass is 79.9. The Labute approximate surface area is 159 Å². The van der Waals surface area contributed by atoms with E-state index in [4.69, 9.17) is 4.98 Å². The number of hydrogen-bond donors (Lipinski definition) is 1. The van der Waals surface area contributed by atoms with Crippen molar-refractivity contribution < 1.29 is 4.79 Å². The Morgan fingerprint density at radius 1 is 1.04 bits per heavy atom. The topological polar surface area (TPSA) is 46.4 Å². The molecule has 26 heavy (non-hydrogen) atoms. The van der Waals surface area contributed by atoms with Crippen LogP contribution < -0.4 is 5.32 Å². The van der Waals surface area contributed by atoms with E-state index in [2.05, 4.69) is 21.2 Å². The maximum absolute atomic E-state index is 12.8. The van der Waals surface area contributed by atoms with Crippen molar-refractivity contribution in [2.45, 2.75) is 6.92 Å². The standard InChI is InChI=1S/C21H16BrN3O/c1-14-10-11-25-18(12-14)23-19(15-6-3-2-4-7-15)20(25)24-21(26)16-8-5-9-17(22)13-16/h2-13H,1H3,(H,24,26). The fraction of sp³-hybridized carbons (Fsp3) is 0.0476. The first-order chi connectivity index (χ1) is 12.6. The number of nitrogens with zero attached hydrogens (tertiary/aromatic N) is 2. The van der Waals surface area contributed by atoms with Gasteiger partial charge in [-0.2, -0.15) is 0 Å². The maximum Gasteiger partial charge on any atom is 0.256 e. The van der Waals surface area contributed by atoms with Gasteiger partial charge in [0.1, 0.15) is 17.2 Å². The van der Waals surface area contributed by atoms with Crippen LogP contribution in [0.25, 0.3) is 16.9 Å². The van der Waals surface area contributed by atoms with E-state index in [1.54, 1.807) is 12.1 Å². The van der Waals surface area contributed by atoms with Gasteiger partial charge in [-0.05, 0) is 42.8 Å². The van der Waals surface area contributed by atoms with Crippen molar-refractivity contribution in [2.24, 2.45) is 0 Å². The third-order valence-corrected chi connectivity index (χ3v) is 4.64. The van der Waals surface area contributed by atoms with Crippen molar-refractivity contribution in [1.29, 1.82) is 0 Å².